The normalized spacial score (nSPS) is 12.9. The van der Waals surface area contributed by atoms with Crippen molar-refractivity contribution in [2.45, 2.75) is 26.2 Å². The van der Waals surface area contributed by atoms with Gasteiger partial charge in [-0.3, -0.25) is 0 Å². The Morgan fingerprint density at radius 3 is 1.69 bits per heavy atom. The van der Waals surface area contributed by atoms with E-state index in [0.717, 1.165) is 0 Å². The number of rotatable bonds is 1. The van der Waals surface area contributed by atoms with Crippen LogP contribution in [0.15, 0.2) is 91.0 Å². The van der Waals surface area contributed by atoms with Crippen molar-refractivity contribution in [3.63, 3.8) is 0 Å². The average Bonchev–Trinajstić information content (AvgIpc) is 3.42. The van der Waals surface area contributed by atoms with Crippen LogP contribution in [0.4, 0.5) is 0 Å². The first kappa shape index (κ1) is 20.7. The van der Waals surface area contributed by atoms with E-state index in [9.17, 15) is 0 Å². The van der Waals surface area contributed by atoms with E-state index < -0.39 is 0 Å². The van der Waals surface area contributed by atoms with E-state index in [2.05, 4.69) is 112 Å². The first-order chi connectivity index (χ1) is 17.4. The number of hydrogen-bond donors (Lipinski definition) is 0. The van der Waals surface area contributed by atoms with E-state index >= 15 is 0 Å². The zero-order valence-electron chi connectivity index (χ0n) is 20.5. The van der Waals surface area contributed by atoms with Gasteiger partial charge in [-0.2, -0.15) is 0 Å². The quantitative estimate of drug-likeness (QED) is 0.198. The fraction of sp³-hybridized carbons (Fsp3) is 0.118. The molecule has 0 saturated carbocycles. The maximum Gasteiger partial charge on any atom is 0.0542 e. The Balaban J connectivity index is 1.33. The standard InChI is InChI=1S/C34H24S2/c1-34(2,3)25-16-22-10-8-20-14-24(15-21-9-11-23(17-25)31(22)30(20)21)19-12-13-27-29(18-19)36-32-26-6-4-5-7-28(26)35-33(27)32/h4-18H,1-3H3. The van der Waals surface area contributed by atoms with Gasteiger partial charge in [-0.15, -0.1) is 22.7 Å². The Labute approximate surface area is 217 Å². The van der Waals surface area contributed by atoms with Gasteiger partial charge < -0.3 is 0 Å². The number of fused-ring (bicyclic) bond motifs is 5. The molecule has 2 aromatic heterocycles. The van der Waals surface area contributed by atoms with Crippen LogP contribution in [0.1, 0.15) is 26.3 Å². The lowest BCUT2D eigenvalue weighted by molar-refractivity contribution is 0.591. The summed E-state index contributed by atoms with van der Waals surface area (Å²) in [5.74, 6) is 0. The maximum absolute atomic E-state index is 2.39. The highest BCUT2D eigenvalue weighted by atomic mass is 32.1. The van der Waals surface area contributed by atoms with Crippen LogP contribution in [0.3, 0.4) is 0 Å². The first-order valence-corrected chi connectivity index (χ1v) is 14.1. The summed E-state index contributed by atoms with van der Waals surface area (Å²) in [6.07, 6.45) is 0. The molecule has 0 nitrogen and oxygen atoms in total. The van der Waals surface area contributed by atoms with Crippen LogP contribution in [0.5, 0.6) is 0 Å². The predicted molar refractivity (Wildman–Crippen MR) is 163 cm³/mol. The number of thiophene rings is 2. The third kappa shape index (κ3) is 2.86. The fourth-order valence-electron chi connectivity index (χ4n) is 5.82. The van der Waals surface area contributed by atoms with Gasteiger partial charge in [0.25, 0.3) is 0 Å². The molecule has 0 radical (unpaired) electrons. The highest BCUT2D eigenvalue weighted by Gasteiger charge is 2.18. The smallest absolute Gasteiger partial charge is 0.0542 e. The Morgan fingerprint density at radius 1 is 0.500 bits per heavy atom. The van der Waals surface area contributed by atoms with Crippen LogP contribution >= 0.6 is 22.7 Å². The summed E-state index contributed by atoms with van der Waals surface area (Å²) in [6.45, 7) is 6.88. The van der Waals surface area contributed by atoms with Gasteiger partial charge in [0, 0.05) is 20.2 Å². The van der Waals surface area contributed by atoms with Crippen molar-refractivity contribution < 1.29 is 0 Å². The van der Waals surface area contributed by atoms with Crippen molar-refractivity contribution in [1.82, 2.24) is 0 Å². The zero-order chi connectivity index (χ0) is 24.2. The van der Waals surface area contributed by atoms with E-state index in [0.29, 0.717) is 0 Å². The van der Waals surface area contributed by atoms with E-state index in [-0.39, 0.29) is 5.41 Å². The van der Waals surface area contributed by atoms with Crippen molar-refractivity contribution in [3.8, 4) is 11.1 Å². The van der Waals surface area contributed by atoms with Gasteiger partial charge in [-0.1, -0.05) is 87.5 Å². The molecule has 0 N–H and O–H groups in total. The minimum atomic E-state index is 0.138. The van der Waals surface area contributed by atoms with Crippen LogP contribution in [0, 0.1) is 0 Å². The highest BCUT2D eigenvalue weighted by molar-refractivity contribution is 7.36. The molecule has 0 fully saturated rings. The topological polar surface area (TPSA) is 0 Å². The molecular formula is C34H24S2. The van der Waals surface area contributed by atoms with Gasteiger partial charge in [0.1, 0.15) is 0 Å². The molecule has 0 amide bonds. The third-order valence-electron chi connectivity index (χ3n) is 7.72. The molecular weight excluding hydrogens is 473 g/mol. The summed E-state index contributed by atoms with van der Waals surface area (Å²) in [5, 5.41) is 10.9. The third-order valence-corrected chi connectivity index (χ3v) is 10.2. The SMILES string of the molecule is CC(C)(C)c1cc2ccc3cc(-c4ccc5c(c4)sc4c6ccccc6sc54)cc4ccc(c1)c2c34. The molecule has 0 spiro atoms. The lowest BCUT2D eigenvalue weighted by atomic mass is 9.83. The highest BCUT2D eigenvalue weighted by Crippen LogP contribution is 2.45. The molecule has 0 saturated heterocycles. The van der Waals surface area contributed by atoms with Crippen LogP contribution < -0.4 is 0 Å². The van der Waals surface area contributed by atoms with Crippen molar-refractivity contribution in [2.24, 2.45) is 0 Å². The fourth-order valence-corrected chi connectivity index (χ4v) is 8.51. The average molecular weight is 497 g/mol. The molecule has 0 aliphatic rings. The molecule has 8 rings (SSSR count). The van der Waals surface area contributed by atoms with Crippen molar-refractivity contribution >= 4 is 84.6 Å². The van der Waals surface area contributed by atoms with Crippen LogP contribution in [0.2, 0.25) is 0 Å². The van der Waals surface area contributed by atoms with E-state index in [1.165, 1.54) is 78.6 Å². The van der Waals surface area contributed by atoms with E-state index in [1.54, 1.807) is 0 Å². The Hall–Kier alpha value is -3.46. The molecule has 0 atom stereocenters. The summed E-state index contributed by atoms with van der Waals surface area (Å²) >= 11 is 3.85. The number of hydrogen-bond acceptors (Lipinski definition) is 2. The molecule has 172 valence electrons. The van der Waals surface area contributed by atoms with E-state index in [1.807, 2.05) is 22.7 Å². The van der Waals surface area contributed by atoms with Crippen LogP contribution in [-0.4, -0.2) is 0 Å². The summed E-state index contributed by atoms with van der Waals surface area (Å²) in [7, 11) is 0. The molecule has 2 heteroatoms. The molecule has 0 bridgehead atoms. The minimum absolute atomic E-state index is 0.138. The summed E-state index contributed by atoms with van der Waals surface area (Å²) in [5.41, 5.74) is 4.12. The lowest BCUT2D eigenvalue weighted by Crippen LogP contribution is -2.10. The summed E-state index contributed by atoms with van der Waals surface area (Å²) in [4.78, 5) is 0. The first-order valence-electron chi connectivity index (χ1n) is 12.5. The molecule has 2 heterocycles. The summed E-state index contributed by atoms with van der Waals surface area (Å²) < 4.78 is 5.60. The second-order valence-electron chi connectivity index (χ2n) is 11.0. The molecule has 36 heavy (non-hydrogen) atoms. The summed E-state index contributed by atoms with van der Waals surface area (Å²) in [6, 6.07) is 34.6. The van der Waals surface area contributed by atoms with Crippen molar-refractivity contribution in [3.05, 3.63) is 96.6 Å². The zero-order valence-corrected chi connectivity index (χ0v) is 22.1. The Bertz CT molecular complexity index is 2060. The van der Waals surface area contributed by atoms with Gasteiger partial charge in [-0.25, -0.2) is 0 Å². The molecule has 0 aliphatic heterocycles. The number of benzene rings is 6. The van der Waals surface area contributed by atoms with Gasteiger partial charge in [0.2, 0.25) is 0 Å². The van der Waals surface area contributed by atoms with Crippen molar-refractivity contribution in [2.75, 3.05) is 0 Å². The van der Waals surface area contributed by atoms with Gasteiger partial charge in [-0.05, 0) is 78.7 Å². The van der Waals surface area contributed by atoms with Gasteiger partial charge in [0.05, 0.1) is 9.40 Å². The molecule has 0 aliphatic carbocycles. The maximum atomic E-state index is 2.39. The van der Waals surface area contributed by atoms with Gasteiger partial charge >= 0.3 is 0 Å². The van der Waals surface area contributed by atoms with Gasteiger partial charge in [0.15, 0.2) is 0 Å². The second kappa shape index (κ2) is 7.06. The molecule has 8 aromatic rings. The Kier molecular flexibility index (Phi) is 4.06. The minimum Gasteiger partial charge on any atom is -0.134 e. The predicted octanol–water partition coefficient (Wildman–Crippen LogP) is 11.1. The molecule has 6 aromatic carbocycles. The van der Waals surface area contributed by atoms with Crippen LogP contribution in [-0.2, 0) is 5.41 Å². The van der Waals surface area contributed by atoms with Crippen LogP contribution in [0.25, 0.3) is 73.0 Å². The monoisotopic (exact) mass is 496 g/mol. The lowest BCUT2D eigenvalue weighted by Gasteiger charge is -2.21. The molecule has 0 unspecified atom stereocenters. The second-order valence-corrected chi connectivity index (χ2v) is 13.1. The van der Waals surface area contributed by atoms with Crippen molar-refractivity contribution in [1.29, 1.82) is 0 Å². The largest absolute Gasteiger partial charge is 0.134 e. The Morgan fingerprint density at radius 2 is 1.06 bits per heavy atom. The van der Waals surface area contributed by atoms with E-state index in [4.69, 9.17) is 0 Å².